The highest BCUT2D eigenvalue weighted by Crippen LogP contribution is 2.39. The molecule has 1 unspecified atom stereocenters. The minimum atomic E-state index is -4.14. The summed E-state index contributed by atoms with van der Waals surface area (Å²) in [7, 11) is -4.14. The maximum Gasteiger partial charge on any atom is 0.322 e. The Kier molecular flexibility index (Phi) is 7.29. The number of carboxylic acid groups (broad SMARTS) is 1. The van der Waals surface area contributed by atoms with E-state index in [2.05, 4.69) is 15.4 Å². The van der Waals surface area contributed by atoms with E-state index in [9.17, 15) is 28.2 Å². The van der Waals surface area contributed by atoms with E-state index in [1.807, 2.05) is 37.3 Å². The second kappa shape index (κ2) is 10.8. The molecule has 0 fully saturated rings. The van der Waals surface area contributed by atoms with Crippen LogP contribution in [-0.4, -0.2) is 42.6 Å². The molecule has 3 aromatic carbocycles. The molecule has 0 spiro atoms. The van der Waals surface area contributed by atoms with E-state index in [0.29, 0.717) is 11.1 Å². The van der Waals surface area contributed by atoms with Crippen molar-refractivity contribution in [1.82, 2.24) is 4.72 Å². The Morgan fingerprint density at radius 3 is 2.52 bits per heavy atom. The normalized spacial score (nSPS) is 16.2. The number of sulfonamides is 1. The Bertz CT molecular complexity index is 1690. The summed E-state index contributed by atoms with van der Waals surface area (Å²) >= 11 is 0. The van der Waals surface area contributed by atoms with E-state index in [0.717, 1.165) is 16.8 Å². The SMILES string of the molecule is Cc1ccc(S(=O)(=O)N[C@@H](Cc2ccccc2C(=O)Nc2c(O)ccc3c2C=C2C=CC=CC2N3)C(=O)O)cc1. The molecule has 2 aliphatic rings. The van der Waals surface area contributed by atoms with Gasteiger partial charge in [0.15, 0.2) is 0 Å². The molecule has 5 rings (SSSR count). The number of anilines is 2. The summed E-state index contributed by atoms with van der Waals surface area (Å²) < 4.78 is 28.0. The molecule has 0 bridgehead atoms. The van der Waals surface area contributed by atoms with E-state index < -0.39 is 27.9 Å². The van der Waals surface area contributed by atoms with E-state index in [-0.39, 0.29) is 34.4 Å². The molecular formula is C30H27N3O6S. The number of carbonyl (C=O) groups is 2. The van der Waals surface area contributed by atoms with Crippen molar-refractivity contribution in [1.29, 1.82) is 0 Å². The number of aromatic hydroxyl groups is 1. The fraction of sp³-hybridized carbons (Fsp3) is 0.133. The number of phenolic OH excluding ortho intramolecular Hbond substituents is 1. The first-order valence-corrected chi connectivity index (χ1v) is 14.0. The molecule has 3 aromatic rings. The first-order valence-electron chi connectivity index (χ1n) is 12.5. The molecule has 1 aliphatic heterocycles. The number of carboxylic acids is 1. The van der Waals surface area contributed by atoms with Crippen LogP contribution >= 0.6 is 0 Å². The predicted octanol–water partition coefficient (Wildman–Crippen LogP) is 4.23. The third-order valence-electron chi connectivity index (χ3n) is 6.76. The van der Waals surface area contributed by atoms with Crippen molar-refractivity contribution >= 4 is 39.4 Å². The van der Waals surface area contributed by atoms with Gasteiger partial charge < -0.3 is 20.8 Å². The Hall–Kier alpha value is -4.67. The Morgan fingerprint density at radius 1 is 1.02 bits per heavy atom. The Balaban J connectivity index is 1.41. The molecule has 1 aliphatic carbocycles. The summed E-state index contributed by atoms with van der Waals surface area (Å²) in [6.45, 7) is 1.81. The van der Waals surface area contributed by atoms with E-state index in [4.69, 9.17) is 0 Å². The summed E-state index contributed by atoms with van der Waals surface area (Å²) in [4.78, 5) is 25.5. The molecule has 2 atom stereocenters. The van der Waals surface area contributed by atoms with Gasteiger partial charge in [0.25, 0.3) is 5.91 Å². The molecule has 0 saturated heterocycles. The average Bonchev–Trinajstić information content (AvgIpc) is 2.93. The van der Waals surface area contributed by atoms with Crippen LogP contribution in [-0.2, 0) is 21.2 Å². The Labute approximate surface area is 231 Å². The molecular weight excluding hydrogens is 530 g/mol. The van der Waals surface area contributed by atoms with Gasteiger partial charge >= 0.3 is 5.97 Å². The number of fused-ring (bicyclic) bond motifs is 2. The maximum absolute atomic E-state index is 13.5. The van der Waals surface area contributed by atoms with Gasteiger partial charge in [-0.2, -0.15) is 4.72 Å². The van der Waals surface area contributed by atoms with E-state index in [1.165, 1.54) is 24.3 Å². The fourth-order valence-corrected chi connectivity index (χ4v) is 5.84. The van der Waals surface area contributed by atoms with Crippen LogP contribution in [0.2, 0.25) is 0 Å². The number of phenols is 1. The number of benzene rings is 3. The zero-order valence-corrected chi connectivity index (χ0v) is 22.3. The highest BCUT2D eigenvalue weighted by molar-refractivity contribution is 7.89. The topological polar surface area (TPSA) is 145 Å². The molecule has 0 saturated carbocycles. The van der Waals surface area contributed by atoms with Gasteiger partial charge in [0.1, 0.15) is 11.8 Å². The van der Waals surface area contributed by atoms with Gasteiger partial charge in [0.05, 0.1) is 16.6 Å². The number of rotatable bonds is 8. The quantitative estimate of drug-likeness (QED) is 0.206. The largest absolute Gasteiger partial charge is 0.506 e. The lowest BCUT2D eigenvalue weighted by Crippen LogP contribution is -2.42. The number of nitrogens with one attached hydrogen (secondary N) is 3. The van der Waals surface area contributed by atoms with Crippen LogP contribution in [0.25, 0.3) is 6.08 Å². The van der Waals surface area contributed by atoms with Gasteiger partial charge in [-0.15, -0.1) is 0 Å². The van der Waals surface area contributed by atoms with Crippen molar-refractivity contribution in [3.05, 3.63) is 113 Å². The predicted molar refractivity (Wildman–Crippen MR) is 153 cm³/mol. The van der Waals surface area contributed by atoms with Crippen LogP contribution in [0.1, 0.15) is 27.0 Å². The second-order valence-corrected chi connectivity index (χ2v) is 11.3. The van der Waals surface area contributed by atoms with Crippen LogP contribution in [0.15, 0.2) is 95.4 Å². The number of carbonyl (C=O) groups excluding carboxylic acids is 1. The number of allylic oxidation sites excluding steroid dienone is 2. The second-order valence-electron chi connectivity index (χ2n) is 9.57. The molecule has 0 radical (unpaired) electrons. The van der Waals surface area contributed by atoms with Gasteiger partial charge in [-0.3, -0.25) is 9.59 Å². The molecule has 1 heterocycles. The number of hydrogen-bond acceptors (Lipinski definition) is 6. The maximum atomic E-state index is 13.5. The van der Waals surface area contributed by atoms with Crippen molar-refractivity contribution in [2.75, 3.05) is 10.6 Å². The zero-order chi connectivity index (χ0) is 28.4. The molecule has 9 nitrogen and oxygen atoms in total. The summed E-state index contributed by atoms with van der Waals surface area (Å²) in [6, 6.07) is 14.0. The molecule has 40 heavy (non-hydrogen) atoms. The number of hydrogen-bond donors (Lipinski definition) is 5. The molecule has 204 valence electrons. The molecule has 0 aromatic heterocycles. The van der Waals surface area contributed by atoms with Crippen molar-refractivity contribution in [2.45, 2.75) is 30.3 Å². The summed E-state index contributed by atoms with van der Waals surface area (Å²) in [5.41, 5.74) is 3.82. The number of aryl methyl sites for hydroxylation is 1. The lowest BCUT2D eigenvalue weighted by atomic mass is 9.93. The monoisotopic (exact) mass is 557 g/mol. The minimum Gasteiger partial charge on any atom is -0.506 e. The van der Waals surface area contributed by atoms with Crippen molar-refractivity contribution in [3.63, 3.8) is 0 Å². The van der Waals surface area contributed by atoms with Gasteiger partial charge in [-0.25, -0.2) is 8.42 Å². The third kappa shape index (κ3) is 5.54. The highest BCUT2D eigenvalue weighted by atomic mass is 32.2. The van der Waals surface area contributed by atoms with Crippen molar-refractivity contribution in [3.8, 4) is 5.75 Å². The van der Waals surface area contributed by atoms with E-state index >= 15 is 0 Å². The lowest BCUT2D eigenvalue weighted by Gasteiger charge is -2.28. The van der Waals surface area contributed by atoms with Crippen molar-refractivity contribution in [2.24, 2.45) is 0 Å². The first-order chi connectivity index (χ1) is 19.1. The molecule has 5 N–H and O–H groups in total. The van der Waals surface area contributed by atoms with Crippen LogP contribution in [0.5, 0.6) is 5.75 Å². The molecule has 10 heteroatoms. The van der Waals surface area contributed by atoms with Gasteiger partial charge in [-0.05, 0) is 54.5 Å². The minimum absolute atomic E-state index is 0.0250. The first kappa shape index (κ1) is 26.9. The van der Waals surface area contributed by atoms with Crippen molar-refractivity contribution < 1.29 is 28.2 Å². The zero-order valence-electron chi connectivity index (χ0n) is 21.5. The molecule has 1 amide bonds. The van der Waals surface area contributed by atoms with Crippen LogP contribution in [0.3, 0.4) is 0 Å². The summed E-state index contributed by atoms with van der Waals surface area (Å²) in [5, 5.41) is 26.6. The third-order valence-corrected chi connectivity index (χ3v) is 8.25. The number of amides is 1. The smallest absolute Gasteiger partial charge is 0.322 e. The van der Waals surface area contributed by atoms with Gasteiger partial charge in [0.2, 0.25) is 10.0 Å². The van der Waals surface area contributed by atoms with Gasteiger partial charge in [0, 0.05) is 23.2 Å². The van der Waals surface area contributed by atoms with Crippen LogP contribution in [0, 0.1) is 6.92 Å². The van der Waals surface area contributed by atoms with Gasteiger partial charge in [-0.1, -0.05) is 60.2 Å². The van der Waals surface area contributed by atoms with Crippen LogP contribution < -0.4 is 15.4 Å². The average molecular weight is 558 g/mol. The van der Waals surface area contributed by atoms with Crippen LogP contribution in [0.4, 0.5) is 11.4 Å². The number of aliphatic carboxylic acids is 1. The standard InChI is InChI=1S/C30H27N3O6S/c1-18-10-12-21(13-11-18)40(38,39)33-26(30(36)37)17-19-6-2-4-8-22(19)29(35)32-28-23-16-20-7-3-5-9-24(20)31-25(23)14-15-27(28)34/h2-16,24,26,31,33-34H,17H2,1H3,(H,32,35)(H,36,37)/t24?,26-/m0/s1. The lowest BCUT2D eigenvalue weighted by molar-refractivity contribution is -0.138. The Morgan fingerprint density at radius 2 is 1.77 bits per heavy atom. The van der Waals surface area contributed by atoms with E-state index in [1.54, 1.807) is 36.4 Å². The highest BCUT2D eigenvalue weighted by Gasteiger charge is 2.28. The fourth-order valence-electron chi connectivity index (χ4n) is 4.65. The summed E-state index contributed by atoms with van der Waals surface area (Å²) in [5.74, 6) is -2.10. The summed E-state index contributed by atoms with van der Waals surface area (Å²) in [6.07, 6.45) is 9.38.